The van der Waals surface area contributed by atoms with Gasteiger partial charge in [-0.05, 0) is 55.5 Å². The summed E-state index contributed by atoms with van der Waals surface area (Å²) in [4.78, 5) is 17.2. The van der Waals surface area contributed by atoms with E-state index in [1.807, 2.05) is 6.07 Å². The van der Waals surface area contributed by atoms with Crippen LogP contribution in [-0.2, 0) is 6.54 Å². The second-order valence-electron chi connectivity index (χ2n) is 6.15. The van der Waals surface area contributed by atoms with E-state index in [2.05, 4.69) is 23.7 Å². The minimum absolute atomic E-state index is 0.132. The summed E-state index contributed by atoms with van der Waals surface area (Å²) in [5.41, 5.74) is 1.60. The maximum absolute atomic E-state index is 10.9. The topological polar surface area (TPSA) is 53.4 Å². The van der Waals surface area contributed by atoms with Crippen LogP contribution in [0, 0.1) is 5.41 Å². The van der Waals surface area contributed by atoms with E-state index < -0.39 is 5.97 Å². The molecule has 1 aliphatic rings. The lowest BCUT2D eigenvalue weighted by Crippen LogP contribution is -2.25. The van der Waals surface area contributed by atoms with E-state index in [1.54, 1.807) is 12.3 Å². The smallest absolute Gasteiger partial charge is 0.354 e. The van der Waals surface area contributed by atoms with Gasteiger partial charge in [0.15, 0.2) is 0 Å². The van der Waals surface area contributed by atoms with Crippen LogP contribution in [0.25, 0.3) is 0 Å². The Bertz CT molecular complexity index is 457. The predicted molar refractivity (Wildman–Crippen MR) is 74.1 cm³/mol. The van der Waals surface area contributed by atoms with Gasteiger partial charge in [-0.1, -0.05) is 13.8 Å². The van der Waals surface area contributed by atoms with E-state index in [1.165, 1.54) is 19.3 Å². The van der Waals surface area contributed by atoms with Crippen LogP contribution in [0.4, 0.5) is 0 Å². The first-order chi connectivity index (χ1) is 8.96. The van der Waals surface area contributed by atoms with Crippen molar-refractivity contribution in [2.24, 2.45) is 5.41 Å². The number of likely N-dealkylation sites (tertiary alicyclic amines) is 1. The van der Waals surface area contributed by atoms with Gasteiger partial charge in [0.05, 0.1) is 0 Å². The van der Waals surface area contributed by atoms with Crippen LogP contribution >= 0.6 is 0 Å². The maximum atomic E-state index is 10.9. The van der Waals surface area contributed by atoms with E-state index >= 15 is 0 Å². The van der Waals surface area contributed by atoms with Crippen molar-refractivity contribution < 1.29 is 9.90 Å². The monoisotopic (exact) mass is 262 g/mol. The van der Waals surface area contributed by atoms with Crippen molar-refractivity contribution in [2.45, 2.75) is 39.7 Å². The molecular formula is C15H22N2O2. The molecule has 1 aromatic heterocycles. The molecule has 1 fully saturated rings. The first-order valence-corrected chi connectivity index (χ1v) is 6.87. The lowest BCUT2D eigenvalue weighted by Gasteiger charge is -2.23. The third kappa shape index (κ3) is 4.03. The molecule has 0 saturated carbocycles. The number of aromatic carboxylic acids is 1. The van der Waals surface area contributed by atoms with Gasteiger partial charge in [-0.15, -0.1) is 0 Å². The second kappa shape index (κ2) is 5.70. The average Bonchev–Trinajstić information content (AvgIpc) is 2.51. The molecule has 1 aromatic rings. The van der Waals surface area contributed by atoms with Crippen molar-refractivity contribution >= 4 is 5.97 Å². The van der Waals surface area contributed by atoms with Gasteiger partial charge in [-0.2, -0.15) is 0 Å². The van der Waals surface area contributed by atoms with E-state index in [0.29, 0.717) is 5.41 Å². The molecule has 0 bridgehead atoms. The number of rotatable bonds is 3. The third-order valence-electron chi connectivity index (χ3n) is 3.88. The highest BCUT2D eigenvalue weighted by Crippen LogP contribution is 2.30. The van der Waals surface area contributed by atoms with Crippen molar-refractivity contribution in [1.29, 1.82) is 0 Å². The summed E-state index contributed by atoms with van der Waals surface area (Å²) in [6, 6.07) is 3.58. The van der Waals surface area contributed by atoms with E-state index in [-0.39, 0.29) is 5.69 Å². The summed E-state index contributed by atoms with van der Waals surface area (Å²) in [5, 5.41) is 8.95. The molecule has 4 nitrogen and oxygen atoms in total. The zero-order chi connectivity index (χ0) is 13.9. The summed E-state index contributed by atoms with van der Waals surface area (Å²) in [6.07, 6.45) is 5.26. The van der Waals surface area contributed by atoms with Crippen LogP contribution in [0.2, 0.25) is 0 Å². The Labute approximate surface area is 114 Å². The molecule has 19 heavy (non-hydrogen) atoms. The predicted octanol–water partition coefficient (Wildman–Crippen LogP) is 2.79. The Morgan fingerprint density at radius 1 is 1.42 bits per heavy atom. The van der Waals surface area contributed by atoms with Crippen molar-refractivity contribution in [3.8, 4) is 0 Å². The van der Waals surface area contributed by atoms with Gasteiger partial charge in [-0.25, -0.2) is 9.78 Å². The number of carboxylic acid groups (broad SMARTS) is 1. The summed E-state index contributed by atoms with van der Waals surface area (Å²) in [6.45, 7) is 7.64. The van der Waals surface area contributed by atoms with Crippen LogP contribution in [0.15, 0.2) is 18.3 Å². The third-order valence-corrected chi connectivity index (χ3v) is 3.88. The van der Waals surface area contributed by atoms with Crippen molar-refractivity contribution in [2.75, 3.05) is 13.1 Å². The molecule has 0 spiro atoms. The lowest BCUT2D eigenvalue weighted by molar-refractivity contribution is 0.0690. The molecule has 0 aromatic carbocycles. The van der Waals surface area contributed by atoms with E-state index in [0.717, 1.165) is 25.2 Å². The van der Waals surface area contributed by atoms with Gasteiger partial charge >= 0.3 is 5.97 Å². The van der Waals surface area contributed by atoms with Crippen molar-refractivity contribution in [3.63, 3.8) is 0 Å². The number of aromatic nitrogens is 1. The number of hydrogen-bond donors (Lipinski definition) is 1. The maximum Gasteiger partial charge on any atom is 0.354 e. The van der Waals surface area contributed by atoms with Crippen LogP contribution in [-0.4, -0.2) is 34.0 Å². The molecule has 0 amide bonds. The molecule has 0 atom stereocenters. The molecule has 1 aliphatic heterocycles. The minimum atomic E-state index is -0.959. The van der Waals surface area contributed by atoms with Crippen molar-refractivity contribution in [1.82, 2.24) is 9.88 Å². The summed E-state index contributed by atoms with van der Waals surface area (Å²) < 4.78 is 0. The summed E-state index contributed by atoms with van der Waals surface area (Å²) in [5.74, 6) is -0.959. The van der Waals surface area contributed by atoms with Crippen LogP contribution in [0.1, 0.15) is 49.2 Å². The number of pyridine rings is 1. The first-order valence-electron chi connectivity index (χ1n) is 6.87. The van der Waals surface area contributed by atoms with Crippen LogP contribution in [0.3, 0.4) is 0 Å². The molecular weight excluding hydrogens is 240 g/mol. The summed E-state index contributed by atoms with van der Waals surface area (Å²) >= 11 is 0. The van der Waals surface area contributed by atoms with Crippen LogP contribution in [0.5, 0.6) is 0 Å². The fourth-order valence-electron chi connectivity index (χ4n) is 2.58. The molecule has 0 aliphatic carbocycles. The highest BCUT2D eigenvalue weighted by molar-refractivity contribution is 5.85. The fraction of sp³-hybridized carbons (Fsp3) is 0.600. The molecule has 1 saturated heterocycles. The lowest BCUT2D eigenvalue weighted by atomic mass is 9.85. The number of carbonyl (C=O) groups is 1. The van der Waals surface area contributed by atoms with Crippen LogP contribution < -0.4 is 0 Å². The van der Waals surface area contributed by atoms with E-state index in [9.17, 15) is 4.79 Å². The zero-order valence-electron chi connectivity index (χ0n) is 11.7. The average molecular weight is 262 g/mol. The molecule has 0 unspecified atom stereocenters. The molecule has 2 rings (SSSR count). The number of carboxylic acids is 1. The molecule has 0 radical (unpaired) electrons. The molecule has 104 valence electrons. The first kappa shape index (κ1) is 14.0. The van der Waals surface area contributed by atoms with Crippen molar-refractivity contribution in [3.05, 3.63) is 29.6 Å². The van der Waals surface area contributed by atoms with Gasteiger partial charge in [0.2, 0.25) is 0 Å². The zero-order valence-corrected chi connectivity index (χ0v) is 11.7. The summed E-state index contributed by atoms with van der Waals surface area (Å²) in [7, 11) is 0. The molecule has 4 heteroatoms. The van der Waals surface area contributed by atoms with Gasteiger partial charge in [0.25, 0.3) is 0 Å². The number of nitrogens with zero attached hydrogens (tertiary/aromatic N) is 2. The Morgan fingerprint density at radius 3 is 2.95 bits per heavy atom. The Kier molecular flexibility index (Phi) is 4.20. The SMILES string of the molecule is CC1(C)CCCN(Cc2ccnc(C(=O)O)c2)CC1. The molecule has 2 heterocycles. The fourth-order valence-corrected chi connectivity index (χ4v) is 2.58. The normalized spacial score (nSPS) is 19.9. The minimum Gasteiger partial charge on any atom is -0.477 e. The van der Waals surface area contributed by atoms with Gasteiger partial charge in [0, 0.05) is 12.7 Å². The van der Waals surface area contributed by atoms with E-state index in [4.69, 9.17) is 5.11 Å². The quantitative estimate of drug-likeness (QED) is 0.910. The Morgan fingerprint density at radius 2 is 2.21 bits per heavy atom. The standard InChI is InChI=1S/C15H22N2O2/c1-15(2)5-3-8-17(9-6-15)11-12-4-7-16-13(10-12)14(18)19/h4,7,10H,3,5-6,8-9,11H2,1-2H3,(H,18,19). The highest BCUT2D eigenvalue weighted by Gasteiger charge is 2.23. The largest absolute Gasteiger partial charge is 0.477 e. The Hall–Kier alpha value is -1.42. The van der Waals surface area contributed by atoms with Gasteiger partial charge < -0.3 is 5.11 Å². The number of hydrogen-bond acceptors (Lipinski definition) is 3. The van der Waals surface area contributed by atoms with Gasteiger partial charge in [-0.3, -0.25) is 4.90 Å². The molecule has 1 N–H and O–H groups in total. The highest BCUT2D eigenvalue weighted by atomic mass is 16.4. The van der Waals surface area contributed by atoms with Gasteiger partial charge in [0.1, 0.15) is 5.69 Å². The Balaban J connectivity index is 2.01. The second-order valence-corrected chi connectivity index (χ2v) is 6.15.